The monoisotopic (exact) mass is 127 g/mol. The topological polar surface area (TPSA) is 41.3 Å². The van der Waals surface area contributed by atoms with Gasteiger partial charge in [0.05, 0.1) is 0 Å². The van der Waals surface area contributed by atoms with E-state index >= 15 is 0 Å². The van der Waals surface area contributed by atoms with Crippen LogP contribution < -0.4 is 5.06 Å². The molecule has 1 rings (SSSR count). The molecular weight excluding hydrogens is 118 g/mol. The molecule has 1 aromatic rings. The van der Waals surface area contributed by atoms with E-state index in [1.54, 1.807) is 17.0 Å². The predicted octanol–water partition coefficient (Wildman–Crippen LogP) is 0.245. The zero-order chi connectivity index (χ0) is 6.85. The molecule has 0 amide bonds. The minimum Gasteiger partial charge on any atom is -0.319 e. The quantitative estimate of drug-likeness (QED) is 0.549. The maximum absolute atomic E-state index is 8.84. The molecule has 0 spiro atoms. The SMILES string of the molecule is CN(O)c1nccn1C. The first-order valence-electron chi connectivity index (χ1n) is 2.61. The van der Waals surface area contributed by atoms with Crippen LogP contribution in [0.2, 0.25) is 0 Å². The lowest BCUT2D eigenvalue weighted by Crippen LogP contribution is -2.14. The number of rotatable bonds is 1. The molecule has 0 aliphatic carbocycles. The Morgan fingerprint density at radius 2 is 2.44 bits per heavy atom. The van der Waals surface area contributed by atoms with Gasteiger partial charge in [0.1, 0.15) is 0 Å². The van der Waals surface area contributed by atoms with Crippen molar-refractivity contribution in [3.63, 3.8) is 0 Å². The minimum absolute atomic E-state index is 0.537. The molecule has 0 aliphatic rings. The fraction of sp³-hybridized carbons (Fsp3) is 0.400. The second-order valence-corrected chi connectivity index (χ2v) is 1.86. The van der Waals surface area contributed by atoms with E-state index in [1.807, 2.05) is 7.05 Å². The molecule has 1 heterocycles. The molecule has 4 nitrogen and oxygen atoms in total. The molecule has 0 radical (unpaired) electrons. The second-order valence-electron chi connectivity index (χ2n) is 1.86. The van der Waals surface area contributed by atoms with E-state index in [2.05, 4.69) is 4.98 Å². The summed E-state index contributed by atoms with van der Waals surface area (Å²) in [6, 6.07) is 0. The van der Waals surface area contributed by atoms with E-state index < -0.39 is 0 Å². The Labute approximate surface area is 53.3 Å². The summed E-state index contributed by atoms with van der Waals surface area (Å²) in [4.78, 5) is 3.85. The Kier molecular flexibility index (Phi) is 1.40. The van der Waals surface area contributed by atoms with Crippen molar-refractivity contribution in [3.05, 3.63) is 12.4 Å². The molecule has 0 saturated carbocycles. The van der Waals surface area contributed by atoms with Crippen LogP contribution in [0.4, 0.5) is 5.95 Å². The maximum atomic E-state index is 8.84. The van der Waals surface area contributed by atoms with Crippen LogP contribution in [0.5, 0.6) is 0 Å². The first kappa shape index (κ1) is 6.10. The summed E-state index contributed by atoms with van der Waals surface area (Å²) in [7, 11) is 3.34. The van der Waals surface area contributed by atoms with E-state index in [1.165, 1.54) is 7.05 Å². The van der Waals surface area contributed by atoms with E-state index in [0.717, 1.165) is 5.06 Å². The summed E-state index contributed by atoms with van der Waals surface area (Å²) in [6.45, 7) is 0. The second kappa shape index (κ2) is 2.06. The molecule has 50 valence electrons. The zero-order valence-corrected chi connectivity index (χ0v) is 5.44. The van der Waals surface area contributed by atoms with Crippen LogP contribution in [-0.4, -0.2) is 21.8 Å². The van der Waals surface area contributed by atoms with Crippen LogP contribution in [-0.2, 0) is 7.05 Å². The first-order chi connectivity index (χ1) is 4.22. The number of hydrogen-bond acceptors (Lipinski definition) is 3. The number of aryl methyl sites for hydroxylation is 1. The van der Waals surface area contributed by atoms with Gasteiger partial charge in [-0.1, -0.05) is 0 Å². The number of hydroxylamine groups is 1. The van der Waals surface area contributed by atoms with Crippen molar-refractivity contribution >= 4 is 5.95 Å². The van der Waals surface area contributed by atoms with Gasteiger partial charge >= 0.3 is 0 Å². The summed E-state index contributed by atoms with van der Waals surface area (Å²) >= 11 is 0. The lowest BCUT2D eigenvalue weighted by atomic mass is 10.9. The Morgan fingerprint density at radius 1 is 1.78 bits per heavy atom. The van der Waals surface area contributed by atoms with E-state index in [9.17, 15) is 0 Å². The molecule has 0 fully saturated rings. The lowest BCUT2D eigenvalue weighted by Gasteiger charge is -2.07. The predicted molar refractivity (Wildman–Crippen MR) is 33.4 cm³/mol. The molecule has 0 aliphatic heterocycles. The van der Waals surface area contributed by atoms with Crippen molar-refractivity contribution in [2.45, 2.75) is 0 Å². The average Bonchev–Trinajstić information content (AvgIpc) is 2.13. The first-order valence-corrected chi connectivity index (χ1v) is 2.61. The molecular formula is C5H9N3O. The molecule has 0 saturated heterocycles. The van der Waals surface area contributed by atoms with Crippen LogP contribution in [0.1, 0.15) is 0 Å². The molecule has 0 bridgehead atoms. The summed E-state index contributed by atoms with van der Waals surface area (Å²) < 4.78 is 1.72. The fourth-order valence-corrected chi connectivity index (χ4v) is 0.670. The lowest BCUT2D eigenvalue weighted by molar-refractivity contribution is 0.270. The van der Waals surface area contributed by atoms with Gasteiger partial charge in [-0.15, -0.1) is 0 Å². The van der Waals surface area contributed by atoms with Crippen molar-refractivity contribution < 1.29 is 5.21 Å². The molecule has 0 unspecified atom stereocenters. The number of hydrogen-bond donors (Lipinski definition) is 1. The largest absolute Gasteiger partial charge is 0.319 e. The Bertz CT molecular complexity index is 194. The van der Waals surface area contributed by atoms with Gasteiger partial charge in [-0.2, -0.15) is 0 Å². The number of anilines is 1. The van der Waals surface area contributed by atoms with Gasteiger partial charge < -0.3 is 4.57 Å². The molecule has 0 atom stereocenters. The van der Waals surface area contributed by atoms with E-state index in [4.69, 9.17) is 5.21 Å². The normalized spacial score (nSPS) is 9.67. The van der Waals surface area contributed by atoms with E-state index in [0.29, 0.717) is 5.95 Å². The summed E-state index contributed by atoms with van der Waals surface area (Å²) in [5.74, 6) is 0.537. The van der Waals surface area contributed by atoms with E-state index in [-0.39, 0.29) is 0 Å². The molecule has 1 aromatic heterocycles. The van der Waals surface area contributed by atoms with Crippen LogP contribution in [0, 0.1) is 0 Å². The van der Waals surface area contributed by atoms with Gasteiger partial charge in [-0.05, 0) is 0 Å². The third kappa shape index (κ3) is 1.02. The Hall–Kier alpha value is -1.03. The van der Waals surface area contributed by atoms with Gasteiger partial charge in [0, 0.05) is 26.5 Å². The summed E-state index contributed by atoms with van der Waals surface area (Å²) in [6.07, 6.45) is 3.39. The Balaban J connectivity index is 2.94. The third-order valence-corrected chi connectivity index (χ3v) is 1.09. The van der Waals surface area contributed by atoms with Gasteiger partial charge in [-0.25, -0.2) is 10.0 Å². The van der Waals surface area contributed by atoms with Gasteiger partial charge in [0.2, 0.25) is 5.95 Å². The third-order valence-electron chi connectivity index (χ3n) is 1.09. The highest BCUT2D eigenvalue weighted by Gasteiger charge is 1.99. The van der Waals surface area contributed by atoms with Crippen molar-refractivity contribution in [1.29, 1.82) is 0 Å². The Morgan fingerprint density at radius 3 is 2.67 bits per heavy atom. The highest BCUT2D eigenvalue weighted by Crippen LogP contribution is 2.02. The highest BCUT2D eigenvalue weighted by atomic mass is 16.5. The molecule has 9 heavy (non-hydrogen) atoms. The number of nitrogens with zero attached hydrogens (tertiary/aromatic N) is 3. The fourth-order valence-electron chi connectivity index (χ4n) is 0.670. The van der Waals surface area contributed by atoms with Gasteiger partial charge in [0.15, 0.2) is 0 Å². The summed E-state index contributed by atoms with van der Waals surface area (Å²) in [5, 5.41) is 9.82. The van der Waals surface area contributed by atoms with Crippen LogP contribution in [0.25, 0.3) is 0 Å². The van der Waals surface area contributed by atoms with Crippen LogP contribution in [0.15, 0.2) is 12.4 Å². The number of imidazole rings is 1. The molecule has 4 heteroatoms. The van der Waals surface area contributed by atoms with Gasteiger partial charge in [0.25, 0.3) is 0 Å². The number of aromatic nitrogens is 2. The molecule has 0 aromatic carbocycles. The summed E-state index contributed by atoms with van der Waals surface area (Å²) in [5.41, 5.74) is 0. The van der Waals surface area contributed by atoms with Crippen molar-refractivity contribution in [2.75, 3.05) is 12.1 Å². The van der Waals surface area contributed by atoms with Crippen molar-refractivity contribution in [2.24, 2.45) is 7.05 Å². The standard InChI is InChI=1S/C5H9N3O/c1-7-4-3-6-5(7)8(2)9/h3-4,9H,1-2H3. The minimum atomic E-state index is 0.537. The smallest absolute Gasteiger partial charge is 0.229 e. The average molecular weight is 127 g/mol. The van der Waals surface area contributed by atoms with Crippen molar-refractivity contribution in [3.8, 4) is 0 Å². The van der Waals surface area contributed by atoms with Crippen LogP contribution >= 0.6 is 0 Å². The zero-order valence-electron chi connectivity index (χ0n) is 5.44. The highest BCUT2D eigenvalue weighted by molar-refractivity contribution is 5.23. The molecule has 1 N–H and O–H groups in total. The van der Waals surface area contributed by atoms with Crippen LogP contribution in [0.3, 0.4) is 0 Å². The maximum Gasteiger partial charge on any atom is 0.229 e. The van der Waals surface area contributed by atoms with Gasteiger partial charge in [-0.3, -0.25) is 5.21 Å². The van der Waals surface area contributed by atoms with Crippen molar-refractivity contribution in [1.82, 2.24) is 9.55 Å².